The Bertz CT molecular complexity index is 561. The van der Waals surface area contributed by atoms with Crippen molar-refractivity contribution in [3.05, 3.63) is 0 Å². The first kappa shape index (κ1) is 27.4. The van der Waals surface area contributed by atoms with Gasteiger partial charge in [0, 0.05) is 37.0 Å². The van der Waals surface area contributed by atoms with Crippen molar-refractivity contribution in [3.63, 3.8) is 0 Å². The highest BCUT2D eigenvalue weighted by molar-refractivity contribution is 5.69. The summed E-state index contributed by atoms with van der Waals surface area (Å²) >= 11 is 0. The van der Waals surface area contributed by atoms with E-state index in [4.69, 9.17) is 9.47 Å². The van der Waals surface area contributed by atoms with Crippen LogP contribution < -0.4 is 10.6 Å². The molecule has 6 aliphatic heterocycles. The lowest BCUT2D eigenvalue weighted by atomic mass is 9.92. The summed E-state index contributed by atoms with van der Waals surface area (Å²) in [6, 6.07) is 1.53. The van der Waals surface area contributed by atoms with E-state index in [-0.39, 0.29) is 36.2 Å². The smallest absolute Gasteiger partial charge is 0.306 e. The molecule has 196 valence electrons. The predicted octanol–water partition coefficient (Wildman–Crippen LogP) is 5.57. The third-order valence-electron chi connectivity index (χ3n) is 8.14. The topological polar surface area (TPSA) is 76.7 Å². The Morgan fingerprint density at radius 1 is 0.529 bits per heavy atom. The van der Waals surface area contributed by atoms with E-state index < -0.39 is 0 Å². The number of hydrogen-bond acceptors (Lipinski definition) is 6. The maximum absolute atomic E-state index is 12.3. The van der Waals surface area contributed by atoms with Gasteiger partial charge in [-0.25, -0.2) is 0 Å². The predicted molar refractivity (Wildman–Crippen MR) is 136 cm³/mol. The molecule has 6 saturated heterocycles. The van der Waals surface area contributed by atoms with Gasteiger partial charge in [-0.05, 0) is 65.2 Å². The van der Waals surface area contributed by atoms with Crippen molar-refractivity contribution >= 4 is 11.9 Å². The van der Waals surface area contributed by atoms with Gasteiger partial charge in [0.15, 0.2) is 0 Å². The third kappa shape index (κ3) is 9.85. The van der Waals surface area contributed by atoms with Crippen molar-refractivity contribution < 1.29 is 19.1 Å². The van der Waals surface area contributed by atoms with Gasteiger partial charge >= 0.3 is 11.9 Å². The SMILES string of the molecule is C[C@@H]1N[C@@H]2CCCCCCCC(=O)O[C@@H]3CC[C@@H](CCCCCCCC(=O)O[C@H]1CC2)N[C@@H]3C. The number of nitrogens with one attached hydrogen (secondary N) is 2. The fourth-order valence-electron chi connectivity index (χ4n) is 5.97. The van der Waals surface area contributed by atoms with E-state index in [0.29, 0.717) is 24.9 Å². The van der Waals surface area contributed by atoms with Crippen LogP contribution in [0.4, 0.5) is 0 Å². The monoisotopic (exact) mass is 478 g/mol. The van der Waals surface area contributed by atoms with Crippen LogP contribution in [0.1, 0.15) is 129 Å². The number of hydrogen-bond donors (Lipinski definition) is 2. The van der Waals surface area contributed by atoms with E-state index in [0.717, 1.165) is 51.4 Å². The molecule has 6 fully saturated rings. The van der Waals surface area contributed by atoms with Crippen molar-refractivity contribution in [2.45, 2.75) is 166 Å². The number of ether oxygens (including phenoxy) is 2. The third-order valence-corrected chi connectivity index (χ3v) is 8.14. The molecule has 0 unspecified atom stereocenters. The van der Waals surface area contributed by atoms with Crippen LogP contribution >= 0.6 is 0 Å². The summed E-state index contributed by atoms with van der Waals surface area (Å²) in [5.41, 5.74) is 0. The van der Waals surface area contributed by atoms with Crippen LogP contribution in [0.15, 0.2) is 0 Å². The Morgan fingerprint density at radius 3 is 1.32 bits per heavy atom. The lowest BCUT2D eigenvalue weighted by molar-refractivity contribution is -0.153. The number of piperidine rings is 2. The van der Waals surface area contributed by atoms with Crippen molar-refractivity contribution in [1.29, 1.82) is 0 Å². The van der Waals surface area contributed by atoms with E-state index in [1.54, 1.807) is 0 Å². The molecule has 0 aromatic carbocycles. The second kappa shape index (κ2) is 15.1. The molecule has 0 amide bonds. The van der Waals surface area contributed by atoms with Crippen LogP contribution in [-0.4, -0.2) is 48.3 Å². The number of rotatable bonds is 0. The molecule has 4 bridgehead atoms. The van der Waals surface area contributed by atoms with Gasteiger partial charge in [0.1, 0.15) is 12.2 Å². The molecule has 6 rings (SSSR count). The first-order valence-corrected chi connectivity index (χ1v) is 14.4. The average Bonchev–Trinajstić information content (AvgIpc) is 2.80. The Morgan fingerprint density at radius 2 is 0.912 bits per heavy atom. The zero-order valence-corrected chi connectivity index (χ0v) is 21.8. The van der Waals surface area contributed by atoms with E-state index in [2.05, 4.69) is 24.5 Å². The zero-order chi connectivity index (χ0) is 24.2. The van der Waals surface area contributed by atoms with Crippen LogP contribution in [0.25, 0.3) is 0 Å². The maximum Gasteiger partial charge on any atom is 0.306 e. The Balaban J connectivity index is 1.43. The van der Waals surface area contributed by atoms with Gasteiger partial charge < -0.3 is 20.1 Å². The molecule has 6 heterocycles. The molecule has 2 N–H and O–H groups in total. The first-order chi connectivity index (χ1) is 16.5. The number of carbonyl (C=O) groups is 2. The molecule has 6 aliphatic rings. The highest BCUT2D eigenvalue weighted by Gasteiger charge is 2.30. The van der Waals surface area contributed by atoms with Crippen molar-refractivity contribution in [1.82, 2.24) is 10.6 Å². The summed E-state index contributed by atoms with van der Waals surface area (Å²) in [7, 11) is 0. The molecule has 0 spiro atoms. The van der Waals surface area contributed by atoms with E-state index >= 15 is 0 Å². The molecule has 0 radical (unpaired) electrons. The van der Waals surface area contributed by atoms with Gasteiger partial charge in [-0.2, -0.15) is 0 Å². The van der Waals surface area contributed by atoms with Crippen molar-refractivity contribution in [3.8, 4) is 0 Å². The largest absolute Gasteiger partial charge is 0.461 e. The van der Waals surface area contributed by atoms with Crippen LogP contribution in [0, 0.1) is 0 Å². The normalized spacial score (nSPS) is 36.5. The molecular weight excluding hydrogens is 428 g/mol. The summed E-state index contributed by atoms with van der Waals surface area (Å²) in [4.78, 5) is 24.6. The van der Waals surface area contributed by atoms with Crippen molar-refractivity contribution in [2.75, 3.05) is 0 Å². The quantitative estimate of drug-likeness (QED) is 0.444. The molecular formula is C28H50N2O4. The van der Waals surface area contributed by atoms with E-state index in [9.17, 15) is 9.59 Å². The summed E-state index contributed by atoms with van der Waals surface area (Å²) in [6.07, 6.45) is 18.9. The number of esters is 2. The molecule has 0 saturated carbocycles. The summed E-state index contributed by atoms with van der Waals surface area (Å²) in [5, 5.41) is 7.35. The molecule has 6 atom stereocenters. The highest BCUT2D eigenvalue weighted by atomic mass is 16.5. The highest BCUT2D eigenvalue weighted by Crippen LogP contribution is 2.23. The molecule has 0 aromatic heterocycles. The molecule has 34 heavy (non-hydrogen) atoms. The van der Waals surface area contributed by atoms with E-state index in [1.165, 1.54) is 51.4 Å². The summed E-state index contributed by atoms with van der Waals surface area (Å²) in [5.74, 6) is -0.0385. The minimum atomic E-state index is -0.0193. The second-order valence-corrected chi connectivity index (χ2v) is 11.1. The van der Waals surface area contributed by atoms with Gasteiger partial charge in [-0.1, -0.05) is 51.4 Å². The first-order valence-electron chi connectivity index (χ1n) is 14.4. The van der Waals surface area contributed by atoms with Gasteiger partial charge in [-0.15, -0.1) is 0 Å². The molecule has 6 heteroatoms. The fraction of sp³-hybridized carbons (Fsp3) is 0.929. The van der Waals surface area contributed by atoms with Crippen LogP contribution in [0.5, 0.6) is 0 Å². The van der Waals surface area contributed by atoms with Gasteiger partial charge in [0.05, 0.1) is 0 Å². The summed E-state index contributed by atoms with van der Waals surface area (Å²) < 4.78 is 11.6. The minimum absolute atomic E-state index is 0.0193. The Kier molecular flexibility index (Phi) is 12.2. The average molecular weight is 479 g/mol. The lowest BCUT2D eigenvalue weighted by Crippen LogP contribution is -2.50. The minimum Gasteiger partial charge on any atom is -0.461 e. The molecule has 0 aliphatic carbocycles. The Labute approximate surface area is 207 Å². The van der Waals surface area contributed by atoms with Crippen LogP contribution in [0.2, 0.25) is 0 Å². The Hall–Kier alpha value is -1.14. The van der Waals surface area contributed by atoms with Crippen molar-refractivity contribution in [2.24, 2.45) is 0 Å². The number of carbonyl (C=O) groups excluding carboxylic acids is 2. The van der Waals surface area contributed by atoms with E-state index in [1.807, 2.05) is 0 Å². The van der Waals surface area contributed by atoms with Gasteiger partial charge in [0.25, 0.3) is 0 Å². The second-order valence-electron chi connectivity index (χ2n) is 11.1. The molecule has 0 aromatic rings. The maximum atomic E-state index is 12.3. The summed E-state index contributed by atoms with van der Waals surface area (Å²) in [6.45, 7) is 4.31. The molecule has 6 nitrogen and oxygen atoms in total. The van der Waals surface area contributed by atoms with Gasteiger partial charge in [-0.3, -0.25) is 9.59 Å². The zero-order valence-electron chi connectivity index (χ0n) is 21.8. The fourth-order valence-corrected chi connectivity index (χ4v) is 5.97. The van der Waals surface area contributed by atoms with Crippen LogP contribution in [-0.2, 0) is 19.1 Å². The van der Waals surface area contributed by atoms with Crippen LogP contribution in [0.3, 0.4) is 0 Å². The van der Waals surface area contributed by atoms with Gasteiger partial charge in [0.2, 0.25) is 0 Å². The standard InChI is InChI=1S/C28H50N2O4/c1-21-25-19-17-23(29-21)13-9-5-3-8-12-16-28(32)34-26-20-18-24(30-22(26)2)14-10-6-4-7-11-15-27(31)33-25/h21-26,29-30H,3-20H2,1-2H3/t21-,22+,23-,24-,25-,26+/m1/s1. The lowest BCUT2D eigenvalue weighted by Gasteiger charge is -2.35.